The second-order valence-corrected chi connectivity index (χ2v) is 5.50. The zero-order chi connectivity index (χ0) is 16.4. The van der Waals surface area contributed by atoms with Crippen LogP contribution in [0.5, 0.6) is 0 Å². The lowest BCUT2D eigenvalue weighted by atomic mass is 10.1. The smallest absolute Gasteiger partial charge is 0.284 e. The third-order valence-corrected chi connectivity index (χ3v) is 3.96. The summed E-state index contributed by atoms with van der Waals surface area (Å²) in [6.45, 7) is 1.73. The fourth-order valence-electron chi connectivity index (χ4n) is 1.97. The topological polar surface area (TPSA) is 111 Å². The molecule has 3 N–H and O–H groups in total. The Balaban J connectivity index is 1.75. The van der Waals surface area contributed by atoms with E-state index >= 15 is 0 Å². The Hall–Kier alpha value is -3.00. The number of hydrogen-bond donors (Lipinski definition) is 2. The molecule has 0 aliphatic carbocycles. The number of amides is 2. The predicted octanol–water partition coefficient (Wildman–Crippen LogP) is 2.46. The average Bonchev–Trinajstić information content (AvgIpc) is 3.17. The molecule has 3 rings (SSSR count). The number of nitrogens with one attached hydrogen (secondary N) is 1. The van der Waals surface area contributed by atoms with Crippen molar-refractivity contribution in [1.29, 1.82) is 0 Å². The lowest BCUT2D eigenvalue weighted by Gasteiger charge is -2.04. The second-order valence-electron chi connectivity index (χ2n) is 4.75. The molecule has 0 aliphatic heterocycles. The van der Waals surface area contributed by atoms with Gasteiger partial charge in [0, 0.05) is 11.3 Å². The second kappa shape index (κ2) is 6.01. The van der Waals surface area contributed by atoms with Crippen LogP contribution in [0.2, 0.25) is 0 Å². The molecule has 8 heteroatoms. The minimum absolute atomic E-state index is 0.102. The van der Waals surface area contributed by atoms with Gasteiger partial charge in [-0.25, -0.2) is 0 Å². The number of aryl methyl sites for hydroxylation is 1. The summed E-state index contributed by atoms with van der Waals surface area (Å²) in [5.41, 5.74) is 7.15. The van der Waals surface area contributed by atoms with Crippen molar-refractivity contribution in [3.05, 3.63) is 52.7 Å². The molecule has 1 aromatic carbocycles. The number of benzene rings is 1. The Kier molecular flexibility index (Phi) is 3.90. The van der Waals surface area contributed by atoms with Crippen molar-refractivity contribution in [1.82, 2.24) is 9.59 Å². The van der Waals surface area contributed by atoms with E-state index in [0.717, 1.165) is 17.1 Å². The number of nitrogens with zero attached hydrogens (tertiary/aromatic N) is 2. The summed E-state index contributed by atoms with van der Waals surface area (Å²) in [7, 11) is 0. The molecular weight excluding hydrogens is 316 g/mol. The molecule has 23 heavy (non-hydrogen) atoms. The van der Waals surface area contributed by atoms with Crippen molar-refractivity contribution < 1.29 is 14.0 Å². The monoisotopic (exact) mass is 328 g/mol. The summed E-state index contributed by atoms with van der Waals surface area (Å²) in [6, 6.07) is 10.2. The van der Waals surface area contributed by atoms with E-state index in [1.807, 2.05) is 0 Å². The van der Waals surface area contributed by atoms with E-state index in [-0.39, 0.29) is 11.7 Å². The fourth-order valence-corrected chi connectivity index (χ4v) is 2.52. The first kappa shape index (κ1) is 14.9. The van der Waals surface area contributed by atoms with Gasteiger partial charge in [-0.15, -0.1) is 5.10 Å². The Labute approximate surface area is 135 Å². The summed E-state index contributed by atoms with van der Waals surface area (Å²) < 4.78 is 9.09. The Morgan fingerprint density at radius 1 is 1.17 bits per heavy atom. The zero-order valence-corrected chi connectivity index (χ0v) is 12.9. The SMILES string of the molecule is Cc1nnsc1C(=O)Nc1ccc(-c2ccc(C(N)=O)o2)cc1. The molecule has 2 amide bonds. The maximum Gasteiger partial charge on any atom is 0.284 e. The van der Waals surface area contributed by atoms with Crippen LogP contribution in [0.3, 0.4) is 0 Å². The minimum atomic E-state index is -0.617. The number of rotatable bonds is 4. The first-order valence-corrected chi connectivity index (χ1v) is 7.42. The quantitative estimate of drug-likeness (QED) is 0.764. The maximum atomic E-state index is 12.1. The summed E-state index contributed by atoms with van der Waals surface area (Å²) in [5.74, 6) is -0.238. The number of furan rings is 1. The highest BCUT2D eigenvalue weighted by Gasteiger charge is 2.13. The van der Waals surface area contributed by atoms with Crippen LogP contribution < -0.4 is 11.1 Å². The molecule has 0 fully saturated rings. The normalized spacial score (nSPS) is 10.5. The summed E-state index contributed by atoms with van der Waals surface area (Å²) >= 11 is 1.05. The number of anilines is 1. The molecular formula is C15H12N4O3S. The lowest BCUT2D eigenvalue weighted by molar-refractivity contribution is 0.0973. The summed E-state index contributed by atoms with van der Waals surface area (Å²) in [5, 5.41) is 6.58. The van der Waals surface area contributed by atoms with Crippen molar-refractivity contribution >= 4 is 29.0 Å². The molecule has 0 aliphatic rings. The molecule has 0 spiro atoms. The van der Waals surface area contributed by atoms with Gasteiger partial charge in [-0.3, -0.25) is 9.59 Å². The van der Waals surface area contributed by atoms with Crippen LogP contribution >= 0.6 is 11.5 Å². The molecule has 0 unspecified atom stereocenters. The molecule has 0 atom stereocenters. The van der Waals surface area contributed by atoms with Crippen molar-refractivity contribution in [3.63, 3.8) is 0 Å². The van der Waals surface area contributed by atoms with E-state index in [1.54, 1.807) is 37.3 Å². The predicted molar refractivity (Wildman–Crippen MR) is 85.3 cm³/mol. The molecule has 0 radical (unpaired) electrons. The van der Waals surface area contributed by atoms with Gasteiger partial charge in [0.2, 0.25) is 0 Å². The van der Waals surface area contributed by atoms with E-state index in [4.69, 9.17) is 10.2 Å². The molecule has 2 aromatic heterocycles. The largest absolute Gasteiger partial charge is 0.451 e. The van der Waals surface area contributed by atoms with Gasteiger partial charge >= 0.3 is 0 Å². The fraction of sp³-hybridized carbons (Fsp3) is 0.0667. The zero-order valence-electron chi connectivity index (χ0n) is 12.1. The maximum absolute atomic E-state index is 12.1. The van der Waals surface area contributed by atoms with Gasteiger partial charge in [-0.05, 0) is 54.9 Å². The molecule has 7 nitrogen and oxygen atoms in total. The van der Waals surface area contributed by atoms with Crippen LogP contribution in [-0.2, 0) is 0 Å². The van der Waals surface area contributed by atoms with Crippen molar-refractivity contribution in [2.24, 2.45) is 5.73 Å². The van der Waals surface area contributed by atoms with Gasteiger partial charge < -0.3 is 15.5 Å². The number of carbonyl (C=O) groups is 2. The number of primary amides is 1. The van der Waals surface area contributed by atoms with E-state index in [1.165, 1.54) is 6.07 Å². The molecule has 3 aromatic rings. The minimum Gasteiger partial charge on any atom is -0.451 e. The highest BCUT2D eigenvalue weighted by atomic mass is 32.1. The third kappa shape index (κ3) is 3.11. The van der Waals surface area contributed by atoms with Crippen LogP contribution in [0.4, 0.5) is 5.69 Å². The third-order valence-electron chi connectivity index (χ3n) is 3.13. The number of aromatic nitrogens is 2. The van der Waals surface area contributed by atoms with Gasteiger partial charge in [-0.1, -0.05) is 4.49 Å². The lowest BCUT2D eigenvalue weighted by Crippen LogP contribution is -2.11. The van der Waals surface area contributed by atoms with E-state index in [0.29, 0.717) is 22.0 Å². The molecule has 0 saturated heterocycles. The van der Waals surface area contributed by atoms with Crippen LogP contribution in [0.1, 0.15) is 25.9 Å². The molecule has 0 saturated carbocycles. The summed E-state index contributed by atoms with van der Waals surface area (Å²) in [6.07, 6.45) is 0. The Morgan fingerprint density at radius 3 is 2.48 bits per heavy atom. The van der Waals surface area contributed by atoms with Gasteiger partial charge in [0.25, 0.3) is 11.8 Å². The van der Waals surface area contributed by atoms with Crippen LogP contribution in [-0.4, -0.2) is 21.4 Å². The molecule has 0 bridgehead atoms. The van der Waals surface area contributed by atoms with Crippen molar-refractivity contribution in [2.75, 3.05) is 5.32 Å². The van der Waals surface area contributed by atoms with E-state index in [9.17, 15) is 9.59 Å². The van der Waals surface area contributed by atoms with Crippen LogP contribution in [0, 0.1) is 6.92 Å². The van der Waals surface area contributed by atoms with Crippen molar-refractivity contribution in [3.8, 4) is 11.3 Å². The van der Waals surface area contributed by atoms with E-state index in [2.05, 4.69) is 14.9 Å². The van der Waals surface area contributed by atoms with Gasteiger partial charge in [0.05, 0.1) is 5.69 Å². The van der Waals surface area contributed by atoms with E-state index < -0.39 is 5.91 Å². The Bertz CT molecular complexity index is 867. The first-order chi connectivity index (χ1) is 11.0. The first-order valence-electron chi connectivity index (χ1n) is 6.65. The highest BCUT2D eigenvalue weighted by Crippen LogP contribution is 2.24. The van der Waals surface area contributed by atoms with Gasteiger partial charge in [-0.2, -0.15) is 0 Å². The number of nitrogens with two attached hydrogens (primary N) is 1. The van der Waals surface area contributed by atoms with Crippen LogP contribution in [0.25, 0.3) is 11.3 Å². The van der Waals surface area contributed by atoms with Gasteiger partial charge in [0.15, 0.2) is 5.76 Å². The van der Waals surface area contributed by atoms with Crippen LogP contribution in [0.15, 0.2) is 40.8 Å². The molecule has 116 valence electrons. The highest BCUT2D eigenvalue weighted by molar-refractivity contribution is 7.08. The Morgan fingerprint density at radius 2 is 1.91 bits per heavy atom. The molecule has 2 heterocycles. The number of carbonyl (C=O) groups excluding carboxylic acids is 2. The van der Waals surface area contributed by atoms with Gasteiger partial charge in [0.1, 0.15) is 10.6 Å². The van der Waals surface area contributed by atoms with Crippen molar-refractivity contribution in [2.45, 2.75) is 6.92 Å². The summed E-state index contributed by atoms with van der Waals surface area (Å²) in [4.78, 5) is 23.6. The standard InChI is InChI=1S/C15H12N4O3S/c1-8-13(23-19-18-8)15(21)17-10-4-2-9(3-5-10)11-6-7-12(22-11)14(16)20/h2-7H,1H3,(H2,16,20)(H,17,21). The average molecular weight is 328 g/mol. The number of hydrogen-bond acceptors (Lipinski definition) is 6.